The van der Waals surface area contributed by atoms with Crippen molar-refractivity contribution in [3.63, 3.8) is 0 Å². The zero-order valence-electron chi connectivity index (χ0n) is 11.1. The number of nitrogens with two attached hydrogens (primary N) is 1. The molecule has 1 rings (SSSR count). The molecule has 0 aliphatic heterocycles. The van der Waals surface area contributed by atoms with Gasteiger partial charge in [-0.25, -0.2) is 4.79 Å². The molecule has 1 aromatic rings. The van der Waals surface area contributed by atoms with Gasteiger partial charge in [0.15, 0.2) is 0 Å². The molecule has 1 heterocycles. The molecular formula is C12H20N4O3. The Morgan fingerprint density at radius 2 is 2.11 bits per heavy atom. The molecule has 3 N–H and O–H groups in total. The molecule has 0 bridgehead atoms. The maximum absolute atomic E-state index is 11.8. The highest BCUT2D eigenvalue weighted by Crippen LogP contribution is 2.21. The first-order valence-electron chi connectivity index (χ1n) is 6.50. The van der Waals surface area contributed by atoms with Crippen LogP contribution in [0.5, 0.6) is 0 Å². The lowest BCUT2D eigenvalue weighted by Crippen LogP contribution is -2.34. The van der Waals surface area contributed by atoms with E-state index in [0.717, 1.165) is 25.7 Å². The molecule has 0 aliphatic rings. The minimum atomic E-state index is -0.487. The first-order chi connectivity index (χ1) is 9.10. The zero-order valence-corrected chi connectivity index (χ0v) is 11.1. The zero-order chi connectivity index (χ0) is 14.3. The molecule has 0 aromatic carbocycles. The Kier molecular flexibility index (Phi) is 5.98. The second kappa shape index (κ2) is 7.50. The number of nitrogens with zero attached hydrogens (tertiary/aromatic N) is 2. The van der Waals surface area contributed by atoms with Gasteiger partial charge in [-0.15, -0.1) is 0 Å². The van der Waals surface area contributed by atoms with Crippen molar-refractivity contribution in [2.75, 3.05) is 12.3 Å². The van der Waals surface area contributed by atoms with E-state index in [1.165, 1.54) is 10.6 Å². The topological polar surface area (TPSA) is 110 Å². The summed E-state index contributed by atoms with van der Waals surface area (Å²) in [5, 5.41) is 2.81. The van der Waals surface area contributed by atoms with E-state index in [9.17, 15) is 14.5 Å². The molecule has 0 amide bonds. The van der Waals surface area contributed by atoms with E-state index >= 15 is 0 Å². The lowest BCUT2D eigenvalue weighted by Gasteiger charge is -2.20. The van der Waals surface area contributed by atoms with Crippen molar-refractivity contribution in [1.29, 1.82) is 0 Å². The fourth-order valence-corrected chi connectivity index (χ4v) is 2.19. The highest BCUT2D eigenvalue weighted by Gasteiger charge is 2.14. The standard InChI is InChI=1S/C12H20N4O3/c1-2-5-9(6-3-4-7-14-19)16-10(13)8-11(17)15-12(16)18/h8-9H,2-7,13H2,1H3,(H,15,17,18). The molecule has 7 heteroatoms. The Hall–Kier alpha value is -1.92. The summed E-state index contributed by atoms with van der Waals surface area (Å²) < 4.78 is 1.43. The Balaban J connectivity index is 2.89. The van der Waals surface area contributed by atoms with Gasteiger partial charge in [-0.05, 0) is 25.7 Å². The molecule has 1 aromatic heterocycles. The van der Waals surface area contributed by atoms with Crippen LogP contribution in [0, 0.1) is 4.91 Å². The molecule has 106 valence electrons. The number of aromatic nitrogens is 2. The van der Waals surface area contributed by atoms with Gasteiger partial charge in [0.25, 0.3) is 5.56 Å². The molecule has 0 saturated heterocycles. The number of hydrogen-bond donors (Lipinski definition) is 2. The third-order valence-corrected chi connectivity index (χ3v) is 3.03. The summed E-state index contributed by atoms with van der Waals surface area (Å²) >= 11 is 0. The van der Waals surface area contributed by atoms with Crippen molar-refractivity contribution in [3.05, 3.63) is 31.8 Å². The average Bonchev–Trinajstić information content (AvgIpc) is 2.33. The molecule has 0 saturated carbocycles. The number of nitrogens with one attached hydrogen (secondary N) is 1. The van der Waals surface area contributed by atoms with Crippen molar-refractivity contribution in [2.24, 2.45) is 5.18 Å². The van der Waals surface area contributed by atoms with Gasteiger partial charge in [-0.3, -0.25) is 14.3 Å². The monoisotopic (exact) mass is 268 g/mol. The van der Waals surface area contributed by atoms with Crippen molar-refractivity contribution >= 4 is 5.82 Å². The predicted octanol–water partition coefficient (Wildman–Crippen LogP) is 1.40. The quantitative estimate of drug-likeness (QED) is 0.548. The van der Waals surface area contributed by atoms with E-state index < -0.39 is 11.2 Å². The minimum absolute atomic E-state index is 0.0546. The summed E-state index contributed by atoms with van der Waals surface area (Å²) in [5.41, 5.74) is 4.80. The molecular weight excluding hydrogens is 248 g/mol. The van der Waals surface area contributed by atoms with Gasteiger partial charge in [0.1, 0.15) is 5.82 Å². The van der Waals surface area contributed by atoms with Crippen molar-refractivity contribution < 1.29 is 0 Å². The van der Waals surface area contributed by atoms with Crippen LogP contribution in [-0.4, -0.2) is 16.1 Å². The molecule has 1 unspecified atom stereocenters. The normalized spacial score (nSPS) is 12.3. The fraction of sp³-hybridized carbons (Fsp3) is 0.667. The van der Waals surface area contributed by atoms with Crippen molar-refractivity contribution in [1.82, 2.24) is 9.55 Å². The number of unbranched alkanes of at least 4 members (excludes halogenated alkanes) is 1. The van der Waals surface area contributed by atoms with Crippen LogP contribution in [0.4, 0.5) is 5.82 Å². The molecule has 7 nitrogen and oxygen atoms in total. The Bertz CT molecular complexity index is 520. The van der Waals surface area contributed by atoms with Gasteiger partial charge in [-0.1, -0.05) is 18.5 Å². The van der Waals surface area contributed by atoms with E-state index in [-0.39, 0.29) is 18.4 Å². The van der Waals surface area contributed by atoms with Crippen LogP contribution in [0.3, 0.4) is 0 Å². The van der Waals surface area contributed by atoms with Crippen molar-refractivity contribution in [3.8, 4) is 0 Å². The molecule has 0 radical (unpaired) electrons. The number of nitrogen functional groups attached to an aromatic ring is 1. The van der Waals surface area contributed by atoms with Gasteiger partial charge < -0.3 is 5.73 Å². The summed E-state index contributed by atoms with van der Waals surface area (Å²) in [5.74, 6) is 0.181. The minimum Gasteiger partial charge on any atom is -0.385 e. The summed E-state index contributed by atoms with van der Waals surface area (Å²) in [4.78, 5) is 35.2. The maximum Gasteiger partial charge on any atom is 0.330 e. The molecule has 19 heavy (non-hydrogen) atoms. The van der Waals surface area contributed by atoms with Crippen LogP contribution in [0.1, 0.15) is 45.1 Å². The Morgan fingerprint density at radius 1 is 1.37 bits per heavy atom. The highest BCUT2D eigenvalue weighted by atomic mass is 16.3. The molecule has 0 spiro atoms. The van der Waals surface area contributed by atoms with Gasteiger partial charge >= 0.3 is 5.69 Å². The van der Waals surface area contributed by atoms with E-state index in [0.29, 0.717) is 6.42 Å². The summed E-state index contributed by atoms with van der Waals surface area (Å²) in [6.07, 6.45) is 3.93. The summed E-state index contributed by atoms with van der Waals surface area (Å²) in [7, 11) is 0. The lowest BCUT2D eigenvalue weighted by atomic mass is 10.0. The van der Waals surface area contributed by atoms with Crippen LogP contribution in [0.25, 0.3) is 0 Å². The maximum atomic E-state index is 11.8. The predicted molar refractivity (Wildman–Crippen MR) is 74.2 cm³/mol. The van der Waals surface area contributed by atoms with Crippen LogP contribution in [0.2, 0.25) is 0 Å². The van der Waals surface area contributed by atoms with E-state index in [2.05, 4.69) is 10.2 Å². The molecule has 0 fully saturated rings. The number of hydrogen-bond acceptors (Lipinski definition) is 5. The first kappa shape index (κ1) is 15.1. The number of nitroso groups, excluding NO2 is 1. The second-order valence-corrected chi connectivity index (χ2v) is 4.52. The Morgan fingerprint density at radius 3 is 2.68 bits per heavy atom. The Labute approximate surface area is 110 Å². The van der Waals surface area contributed by atoms with Gasteiger partial charge in [-0.2, -0.15) is 4.91 Å². The lowest BCUT2D eigenvalue weighted by molar-refractivity contribution is 0.404. The second-order valence-electron chi connectivity index (χ2n) is 4.52. The first-order valence-corrected chi connectivity index (χ1v) is 6.50. The number of H-pyrrole nitrogens is 1. The van der Waals surface area contributed by atoms with Gasteiger partial charge in [0, 0.05) is 12.1 Å². The number of anilines is 1. The molecule has 0 aliphatic carbocycles. The number of aromatic amines is 1. The highest BCUT2D eigenvalue weighted by molar-refractivity contribution is 5.27. The van der Waals surface area contributed by atoms with Crippen LogP contribution < -0.4 is 17.0 Å². The summed E-state index contributed by atoms with van der Waals surface area (Å²) in [6, 6.07) is 1.16. The van der Waals surface area contributed by atoms with Crippen LogP contribution in [-0.2, 0) is 0 Å². The van der Waals surface area contributed by atoms with E-state index in [1.54, 1.807) is 0 Å². The third kappa shape index (κ3) is 4.35. The molecule has 1 atom stereocenters. The fourth-order valence-electron chi connectivity index (χ4n) is 2.19. The largest absolute Gasteiger partial charge is 0.385 e. The van der Waals surface area contributed by atoms with E-state index in [1.807, 2.05) is 6.92 Å². The van der Waals surface area contributed by atoms with Gasteiger partial charge in [0.2, 0.25) is 0 Å². The SMILES string of the molecule is CCCC(CCCCN=O)n1c(N)cc(=O)[nH]c1=O. The third-order valence-electron chi connectivity index (χ3n) is 3.03. The van der Waals surface area contributed by atoms with Gasteiger partial charge in [0.05, 0.1) is 6.54 Å². The summed E-state index contributed by atoms with van der Waals surface area (Å²) in [6.45, 7) is 2.31. The number of rotatable bonds is 8. The smallest absolute Gasteiger partial charge is 0.330 e. The van der Waals surface area contributed by atoms with Crippen LogP contribution in [0.15, 0.2) is 20.8 Å². The van der Waals surface area contributed by atoms with Crippen LogP contribution >= 0.6 is 0 Å². The van der Waals surface area contributed by atoms with E-state index in [4.69, 9.17) is 5.73 Å². The average molecular weight is 268 g/mol. The van der Waals surface area contributed by atoms with Crippen molar-refractivity contribution in [2.45, 2.75) is 45.1 Å².